The third-order valence-corrected chi connectivity index (χ3v) is 7.16. The fraction of sp³-hybridized carbons (Fsp3) is 0.600. The minimum atomic E-state index is -1.08. The van der Waals surface area contributed by atoms with Gasteiger partial charge in [-0.05, 0) is 74.0 Å². The number of hydrogen-bond donors (Lipinski definition) is 0. The number of Topliss-reactive ketones (excluding diaryl/α,β-unsaturated/α-hetero) is 1. The van der Waals surface area contributed by atoms with Crippen molar-refractivity contribution in [1.82, 2.24) is 0 Å². The number of halogens is 3. The Morgan fingerprint density at radius 3 is 2.42 bits per heavy atom. The summed E-state index contributed by atoms with van der Waals surface area (Å²) in [5, 5.41) is 0. The van der Waals surface area contributed by atoms with E-state index in [1.807, 2.05) is 0 Å². The number of hydrogen-bond acceptors (Lipinski definition) is 3. The first kappa shape index (κ1) is 18.1. The van der Waals surface area contributed by atoms with Crippen LogP contribution in [0.2, 0.25) is 0 Å². The smallest absolute Gasteiger partial charge is 0.306 e. The molecule has 3 nitrogen and oxygen atoms in total. The highest BCUT2D eigenvalue weighted by atomic mass is 79.9. The maximum atomic E-state index is 13.2. The van der Waals surface area contributed by atoms with Crippen LogP contribution in [-0.4, -0.2) is 22.7 Å². The molecule has 1 aromatic rings. The third kappa shape index (κ3) is 3.45. The van der Waals surface area contributed by atoms with Crippen molar-refractivity contribution in [3.8, 4) is 0 Å². The number of ketones is 1. The lowest BCUT2D eigenvalue weighted by Gasteiger charge is -2.60. The van der Waals surface area contributed by atoms with Gasteiger partial charge in [0, 0.05) is 9.89 Å². The fourth-order valence-corrected chi connectivity index (χ4v) is 7.31. The molecule has 1 aromatic carbocycles. The highest BCUT2D eigenvalue weighted by Gasteiger charge is 2.57. The van der Waals surface area contributed by atoms with Crippen LogP contribution in [0.15, 0.2) is 18.2 Å². The molecule has 4 aliphatic carbocycles. The van der Waals surface area contributed by atoms with Crippen molar-refractivity contribution in [1.29, 1.82) is 0 Å². The summed E-state index contributed by atoms with van der Waals surface area (Å²) in [7, 11) is 0. The van der Waals surface area contributed by atoms with E-state index in [1.54, 1.807) is 0 Å². The van der Waals surface area contributed by atoms with Gasteiger partial charge >= 0.3 is 5.97 Å². The predicted molar refractivity (Wildman–Crippen MR) is 95.0 cm³/mol. The van der Waals surface area contributed by atoms with Crippen LogP contribution >= 0.6 is 15.9 Å². The van der Waals surface area contributed by atoms with Gasteiger partial charge in [0.05, 0.1) is 6.42 Å². The molecule has 4 fully saturated rings. The number of carbonyl (C=O) groups excluding carboxylic acids is 2. The van der Waals surface area contributed by atoms with Crippen molar-refractivity contribution in [3.05, 3.63) is 35.4 Å². The van der Waals surface area contributed by atoms with Crippen molar-refractivity contribution < 1.29 is 23.1 Å². The quantitative estimate of drug-likeness (QED) is 0.385. The normalized spacial score (nSPS) is 34.7. The molecule has 140 valence electrons. The largest absolute Gasteiger partial charge is 0.457 e. The second kappa shape index (κ2) is 6.39. The van der Waals surface area contributed by atoms with Crippen LogP contribution in [0.25, 0.3) is 0 Å². The highest BCUT2D eigenvalue weighted by Crippen LogP contribution is 2.65. The van der Waals surface area contributed by atoms with Crippen LogP contribution in [0.4, 0.5) is 8.78 Å². The van der Waals surface area contributed by atoms with E-state index in [0.29, 0.717) is 18.3 Å². The maximum Gasteiger partial charge on any atom is 0.306 e. The molecule has 2 atom stereocenters. The number of alkyl halides is 1. The average molecular weight is 427 g/mol. The number of esters is 1. The van der Waals surface area contributed by atoms with Crippen LogP contribution in [0.1, 0.15) is 55.3 Å². The third-order valence-electron chi connectivity index (χ3n) is 6.24. The second-order valence-electron chi connectivity index (χ2n) is 8.50. The minimum Gasteiger partial charge on any atom is -0.457 e. The summed E-state index contributed by atoms with van der Waals surface area (Å²) in [5.41, 5.74) is -0.0127. The van der Waals surface area contributed by atoms with Gasteiger partial charge in [-0.1, -0.05) is 15.9 Å². The molecular weight excluding hydrogens is 406 g/mol. The maximum absolute atomic E-state index is 13.2. The van der Waals surface area contributed by atoms with Gasteiger partial charge in [0.15, 0.2) is 24.0 Å². The molecule has 0 aromatic heterocycles. The zero-order chi connectivity index (χ0) is 18.5. The van der Waals surface area contributed by atoms with E-state index in [0.717, 1.165) is 31.4 Å². The van der Waals surface area contributed by atoms with E-state index in [4.69, 9.17) is 4.74 Å². The molecule has 4 aliphatic rings. The van der Waals surface area contributed by atoms with Crippen LogP contribution in [0, 0.1) is 28.9 Å². The minimum absolute atomic E-state index is 0.00548. The molecule has 0 aliphatic heterocycles. The molecule has 0 unspecified atom stereocenters. The first-order valence-electron chi connectivity index (χ1n) is 9.09. The summed E-state index contributed by atoms with van der Waals surface area (Å²) in [6, 6.07) is 2.93. The summed E-state index contributed by atoms with van der Waals surface area (Å²) >= 11 is 3.92. The molecule has 0 N–H and O–H groups in total. The first-order valence-corrected chi connectivity index (χ1v) is 9.88. The van der Waals surface area contributed by atoms with Gasteiger partial charge < -0.3 is 4.74 Å². The molecule has 4 saturated carbocycles. The molecule has 0 radical (unpaired) electrons. The molecule has 5 rings (SSSR count). The van der Waals surface area contributed by atoms with Gasteiger partial charge in [-0.2, -0.15) is 0 Å². The summed E-state index contributed by atoms with van der Waals surface area (Å²) < 4.78 is 31.5. The van der Waals surface area contributed by atoms with E-state index in [9.17, 15) is 18.4 Å². The van der Waals surface area contributed by atoms with Gasteiger partial charge in [-0.3, -0.25) is 9.59 Å². The van der Waals surface area contributed by atoms with E-state index in [2.05, 4.69) is 15.9 Å². The Balaban J connectivity index is 1.36. The second-order valence-corrected chi connectivity index (χ2v) is 10.2. The van der Waals surface area contributed by atoms with Crippen LogP contribution in [-0.2, 0) is 9.53 Å². The monoisotopic (exact) mass is 426 g/mol. The van der Waals surface area contributed by atoms with Crippen molar-refractivity contribution in [3.63, 3.8) is 0 Å². The Morgan fingerprint density at radius 2 is 1.81 bits per heavy atom. The Bertz CT molecular complexity index is 749. The SMILES string of the molecule is O=C(CC12C[C@@H]3C[C@H](CC(Br)(C3)C1)C2)OCC(=O)c1ccc(F)c(F)c1. The van der Waals surface area contributed by atoms with E-state index >= 15 is 0 Å². The molecule has 6 heteroatoms. The Kier molecular flexibility index (Phi) is 4.45. The standard InChI is InChI=1S/C20H21BrF2O3/c21-20-7-12-3-13(8-20)6-19(5-12,11-20)9-18(25)26-10-17(24)14-1-2-15(22)16(23)4-14/h1-2,4,12-13H,3,5-11H2/t12-,13-,19?,20?/m0/s1. The molecule has 0 spiro atoms. The lowest BCUT2D eigenvalue weighted by molar-refractivity contribution is -0.149. The number of benzene rings is 1. The lowest BCUT2D eigenvalue weighted by atomic mass is 9.49. The van der Waals surface area contributed by atoms with E-state index < -0.39 is 24.0 Å². The molecule has 0 amide bonds. The highest BCUT2D eigenvalue weighted by molar-refractivity contribution is 9.10. The van der Waals surface area contributed by atoms with Crippen molar-refractivity contribution in [2.24, 2.45) is 17.3 Å². The van der Waals surface area contributed by atoms with Gasteiger partial charge in [0.2, 0.25) is 0 Å². The van der Waals surface area contributed by atoms with Crippen LogP contribution < -0.4 is 0 Å². The van der Waals surface area contributed by atoms with Gasteiger partial charge in [0.25, 0.3) is 0 Å². The average Bonchev–Trinajstić information content (AvgIpc) is 2.52. The topological polar surface area (TPSA) is 43.4 Å². The molecule has 4 bridgehead atoms. The predicted octanol–water partition coefficient (Wildman–Crippen LogP) is 4.81. The molecule has 0 saturated heterocycles. The fourth-order valence-electron chi connectivity index (χ4n) is 5.80. The van der Waals surface area contributed by atoms with Gasteiger partial charge in [0.1, 0.15) is 0 Å². The van der Waals surface area contributed by atoms with Crippen molar-refractivity contribution >= 4 is 27.7 Å². The summed E-state index contributed by atoms with van der Waals surface area (Å²) in [5.74, 6) is -1.65. The summed E-state index contributed by atoms with van der Waals surface area (Å²) in [6.45, 7) is -0.438. The van der Waals surface area contributed by atoms with Gasteiger partial charge in [-0.15, -0.1) is 0 Å². The lowest BCUT2D eigenvalue weighted by Crippen LogP contribution is -2.53. The Labute approximate surface area is 159 Å². The van der Waals surface area contributed by atoms with Crippen molar-refractivity contribution in [2.45, 2.75) is 49.3 Å². The number of ether oxygens (including phenoxy) is 1. The first-order chi connectivity index (χ1) is 12.3. The molecule has 0 heterocycles. The molecular formula is C20H21BrF2O3. The molecule has 26 heavy (non-hydrogen) atoms. The van der Waals surface area contributed by atoms with E-state index in [1.165, 1.54) is 25.3 Å². The summed E-state index contributed by atoms with van der Waals surface area (Å²) in [4.78, 5) is 24.4. The summed E-state index contributed by atoms with van der Waals surface area (Å²) in [6.07, 6.45) is 7.08. The zero-order valence-electron chi connectivity index (χ0n) is 14.4. The van der Waals surface area contributed by atoms with E-state index in [-0.39, 0.29) is 21.3 Å². The Morgan fingerprint density at radius 1 is 1.12 bits per heavy atom. The number of carbonyl (C=O) groups is 2. The zero-order valence-corrected chi connectivity index (χ0v) is 16.0. The van der Waals surface area contributed by atoms with Crippen LogP contribution in [0.5, 0.6) is 0 Å². The van der Waals surface area contributed by atoms with Crippen LogP contribution in [0.3, 0.4) is 0 Å². The Hall–Kier alpha value is -1.30. The van der Waals surface area contributed by atoms with Gasteiger partial charge in [-0.25, -0.2) is 8.78 Å². The number of rotatable bonds is 5. The van der Waals surface area contributed by atoms with Crippen molar-refractivity contribution in [2.75, 3.05) is 6.61 Å².